The van der Waals surface area contributed by atoms with Crippen LogP contribution in [0.25, 0.3) is 11.0 Å². The molecule has 0 saturated carbocycles. The van der Waals surface area contributed by atoms with E-state index < -0.39 is 0 Å². The van der Waals surface area contributed by atoms with Gasteiger partial charge in [0, 0.05) is 25.7 Å². The number of rotatable bonds is 6. The van der Waals surface area contributed by atoms with Gasteiger partial charge in [-0.2, -0.15) is 0 Å². The normalized spacial score (nSPS) is 12.3. The molecule has 0 saturated heterocycles. The molecular weight excluding hydrogens is 328 g/mol. The van der Waals surface area contributed by atoms with E-state index >= 15 is 0 Å². The van der Waals surface area contributed by atoms with Gasteiger partial charge in [0.05, 0.1) is 17.6 Å². The van der Waals surface area contributed by atoms with Crippen LogP contribution in [0.5, 0.6) is 0 Å². The van der Waals surface area contributed by atoms with Gasteiger partial charge in [-0.05, 0) is 46.2 Å². The lowest BCUT2D eigenvalue weighted by Gasteiger charge is -2.21. The van der Waals surface area contributed by atoms with E-state index in [4.69, 9.17) is 0 Å². The van der Waals surface area contributed by atoms with Gasteiger partial charge in [-0.3, -0.25) is 9.79 Å². The maximum absolute atomic E-state index is 11.9. The zero-order chi connectivity index (χ0) is 19.2. The van der Waals surface area contributed by atoms with Crippen molar-refractivity contribution in [2.24, 2.45) is 4.99 Å². The average molecular weight is 358 g/mol. The maximum Gasteiger partial charge on any atom is 0.239 e. The van der Waals surface area contributed by atoms with Crippen molar-refractivity contribution < 1.29 is 4.79 Å². The number of fused-ring (bicyclic) bond motifs is 1. The minimum atomic E-state index is -0.235. The minimum Gasteiger partial charge on any atom is -0.356 e. The lowest BCUT2D eigenvalue weighted by atomic mass is 10.1. The van der Waals surface area contributed by atoms with E-state index in [2.05, 4.69) is 36.6 Å². The highest BCUT2D eigenvalue weighted by molar-refractivity contribution is 5.86. The van der Waals surface area contributed by atoms with Crippen LogP contribution in [0, 0.1) is 6.92 Å². The predicted octanol–water partition coefficient (Wildman–Crippen LogP) is 1.81. The highest BCUT2D eigenvalue weighted by Gasteiger charge is 2.13. The number of aromatic nitrogens is 2. The molecule has 26 heavy (non-hydrogen) atoms. The molecule has 3 N–H and O–H groups in total. The van der Waals surface area contributed by atoms with Crippen LogP contribution < -0.4 is 16.0 Å². The van der Waals surface area contributed by atoms with Crippen molar-refractivity contribution >= 4 is 22.9 Å². The molecule has 7 nitrogen and oxygen atoms in total. The summed E-state index contributed by atoms with van der Waals surface area (Å²) in [6.45, 7) is 9.73. The second-order valence-electron chi connectivity index (χ2n) is 7.30. The number of hydrogen-bond acceptors (Lipinski definition) is 3. The summed E-state index contributed by atoms with van der Waals surface area (Å²) in [6, 6.07) is 8.17. The third kappa shape index (κ3) is 5.75. The number of guanidine groups is 1. The van der Waals surface area contributed by atoms with Gasteiger partial charge < -0.3 is 20.5 Å². The number of carbonyl (C=O) groups is 1. The van der Waals surface area contributed by atoms with Crippen LogP contribution in [0.4, 0.5) is 0 Å². The van der Waals surface area contributed by atoms with E-state index in [1.165, 1.54) is 0 Å². The third-order valence-corrected chi connectivity index (χ3v) is 3.85. The van der Waals surface area contributed by atoms with Crippen molar-refractivity contribution in [1.29, 1.82) is 0 Å². The summed E-state index contributed by atoms with van der Waals surface area (Å²) in [5.41, 5.74) is 1.95. The van der Waals surface area contributed by atoms with Gasteiger partial charge >= 0.3 is 0 Å². The van der Waals surface area contributed by atoms with E-state index in [1.807, 2.05) is 45.9 Å². The number of aryl methyl sites for hydroxylation is 2. The van der Waals surface area contributed by atoms with Crippen LogP contribution in [0.1, 0.15) is 33.0 Å². The molecule has 1 heterocycles. The molecule has 0 radical (unpaired) electrons. The van der Waals surface area contributed by atoms with Gasteiger partial charge in [0.1, 0.15) is 5.82 Å². The fraction of sp³-hybridized carbons (Fsp3) is 0.526. The summed E-state index contributed by atoms with van der Waals surface area (Å²) >= 11 is 0. The number of nitrogens with zero attached hydrogens (tertiary/aromatic N) is 3. The molecule has 0 aliphatic carbocycles. The fourth-order valence-electron chi connectivity index (χ4n) is 2.77. The van der Waals surface area contributed by atoms with Crippen LogP contribution in [-0.4, -0.2) is 47.1 Å². The molecule has 1 aromatic heterocycles. The molecular formula is C19H30N6O. The Labute approximate surface area is 155 Å². The van der Waals surface area contributed by atoms with Crippen LogP contribution in [0.3, 0.4) is 0 Å². The van der Waals surface area contributed by atoms with E-state index in [9.17, 15) is 4.79 Å². The Hall–Kier alpha value is -2.57. The van der Waals surface area contributed by atoms with Crippen molar-refractivity contribution in [3.63, 3.8) is 0 Å². The highest BCUT2D eigenvalue weighted by atomic mass is 16.2. The van der Waals surface area contributed by atoms with E-state index in [0.717, 1.165) is 36.4 Å². The van der Waals surface area contributed by atoms with Gasteiger partial charge in [0.15, 0.2) is 5.96 Å². The summed E-state index contributed by atoms with van der Waals surface area (Å²) in [5.74, 6) is 1.59. The third-order valence-electron chi connectivity index (χ3n) is 3.85. The first-order valence-electron chi connectivity index (χ1n) is 8.97. The molecule has 1 aromatic carbocycles. The number of imidazole rings is 1. The zero-order valence-corrected chi connectivity index (χ0v) is 16.4. The molecule has 0 unspecified atom stereocenters. The number of nitrogens with one attached hydrogen (secondary N) is 3. The molecule has 0 bridgehead atoms. The Morgan fingerprint density at radius 1 is 1.23 bits per heavy atom. The van der Waals surface area contributed by atoms with Crippen molar-refractivity contribution in [1.82, 2.24) is 25.5 Å². The topological polar surface area (TPSA) is 83.3 Å². The molecule has 2 rings (SSSR count). The predicted molar refractivity (Wildman–Crippen MR) is 106 cm³/mol. The number of aliphatic imine (C=N–C) groups is 1. The maximum atomic E-state index is 11.9. The molecule has 0 spiro atoms. The molecule has 0 atom stereocenters. The monoisotopic (exact) mass is 358 g/mol. The Morgan fingerprint density at radius 2 is 1.96 bits per heavy atom. The van der Waals surface area contributed by atoms with Crippen LogP contribution in [0.2, 0.25) is 0 Å². The second kappa shape index (κ2) is 8.69. The summed E-state index contributed by atoms with van der Waals surface area (Å²) in [6.07, 6.45) is 0.927. The minimum absolute atomic E-state index is 0.0547. The Balaban J connectivity index is 1.77. The summed E-state index contributed by atoms with van der Waals surface area (Å²) in [5, 5.41) is 9.19. The lowest BCUT2D eigenvalue weighted by Crippen LogP contribution is -2.48. The van der Waals surface area contributed by atoms with Crippen molar-refractivity contribution in [2.45, 2.75) is 46.2 Å². The number of benzene rings is 1. The van der Waals surface area contributed by atoms with E-state index in [-0.39, 0.29) is 18.0 Å². The fourth-order valence-corrected chi connectivity index (χ4v) is 2.77. The summed E-state index contributed by atoms with van der Waals surface area (Å²) in [4.78, 5) is 20.6. The average Bonchev–Trinajstić information content (AvgIpc) is 2.88. The number of para-hydroxylation sites is 2. The van der Waals surface area contributed by atoms with Crippen LogP contribution >= 0.6 is 0 Å². The summed E-state index contributed by atoms with van der Waals surface area (Å²) in [7, 11) is 1.70. The number of carbonyl (C=O) groups excluding carboxylic acids is 1. The van der Waals surface area contributed by atoms with Crippen molar-refractivity contribution in [3.8, 4) is 0 Å². The molecule has 142 valence electrons. The number of hydrogen-bond donors (Lipinski definition) is 3. The first kappa shape index (κ1) is 19.8. The van der Waals surface area contributed by atoms with Gasteiger partial charge in [-0.1, -0.05) is 12.1 Å². The molecule has 7 heteroatoms. The van der Waals surface area contributed by atoms with E-state index in [0.29, 0.717) is 5.96 Å². The Kier molecular flexibility index (Phi) is 6.60. The molecule has 0 aliphatic rings. The molecule has 0 fully saturated rings. The molecule has 0 aliphatic heterocycles. The van der Waals surface area contributed by atoms with Gasteiger partial charge in [0.2, 0.25) is 5.91 Å². The first-order valence-corrected chi connectivity index (χ1v) is 8.97. The van der Waals surface area contributed by atoms with E-state index in [1.54, 1.807) is 7.05 Å². The van der Waals surface area contributed by atoms with Crippen molar-refractivity contribution in [3.05, 3.63) is 30.1 Å². The van der Waals surface area contributed by atoms with Crippen LogP contribution in [0.15, 0.2) is 29.3 Å². The second-order valence-corrected chi connectivity index (χ2v) is 7.30. The molecule has 2 aromatic rings. The van der Waals surface area contributed by atoms with Gasteiger partial charge in [-0.25, -0.2) is 4.98 Å². The SMILES string of the molecule is CN=C(NCCCn1c(C)nc2ccccc21)NCC(=O)NC(C)(C)C. The largest absolute Gasteiger partial charge is 0.356 e. The smallest absolute Gasteiger partial charge is 0.239 e. The highest BCUT2D eigenvalue weighted by Crippen LogP contribution is 2.15. The first-order chi connectivity index (χ1) is 12.3. The van der Waals surface area contributed by atoms with Gasteiger partial charge in [0.25, 0.3) is 0 Å². The molecule has 1 amide bonds. The standard InChI is InChI=1S/C19H30N6O/c1-14-23-15-9-6-7-10-16(15)25(14)12-8-11-21-18(20-5)22-13-17(26)24-19(2,3)4/h6-7,9-10H,8,11-13H2,1-5H3,(H,24,26)(H2,20,21,22). The Morgan fingerprint density at radius 3 is 2.65 bits per heavy atom. The quantitative estimate of drug-likeness (QED) is 0.418. The van der Waals surface area contributed by atoms with Crippen molar-refractivity contribution in [2.75, 3.05) is 20.1 Å². The van der Waals surface area contributed by atoms with Gasteiger partial charge in [-0.15, -0.1) is 0 Å². The Bertz CT molecular complexity index is 772. The van der Waals surface area contributed by atoms with Crippen LogP contribution in [-0.2, 0) is 11.3 Å². The summed E-state index contributed by atoms with van der Waals surface area (Å²) < 4.78 is 2.23. The number of amides is 1. The lowest BCUT2D eigenvalue weighted by molar-refractivity contribution is -0.121. The zero-order valence-electron chi connectivity index (χ0n) is 16.4.